The molecule has 1 heterocycles. The number of carboxylic acids is 1. The molecule has 0 aliphatic carbocycles. The number of nitrogens with one attached hydrogen (secondary N) is 1. The molecule has 0 radical (unpaired) electrons. The molecule has 27 heavy (non-hydrogen) atoms. The molecular formula is C18H22N2O7. The van der Waals surface area contributed by atoms with Gasteiger partial charge in [0.15, 0.2) is 0 Å². The lowest BCUT2D eigenvalue weighted by atomic mass is 10.1. The number of fused-ring (bicyclic) bond motifs is 1. The number of carbonyl (C=O) groups excluding carboxylic acids is 3. The van der Waals surface area contributed by atoms with Crippen molar-refractivity contribution in [1.29, 1.82) is 0 Å². The van der Waals surface area contributed by atoms with Crippen LogP contribution in [0.3, 0.4) is 0 Å². The van der Waals surface area contributed by atoms with Crippen molar-refractivity contribution in [3.8, 4) is 0 Å². The van der Waals surface area contributed by atoms with Gasteiger partial charge < -0.3 is 20.3 Å². The lowest BCUT2D eigenvalue weighted by Crippen LogP contribution is -2.38. The van der Waals surface area contributed by atoms with Gasteiger partial charge in [0.05, 0.1) is 23.3 Å². The number of alkyl carbamates (subject to hydrolysis) is 1. The summed E-state index contributed by atoms with van der Waals surface area (Å²) in [7, 11) is 0. The van der Waals surface area contributed by atoms with Crippen molar-refractivity contribution < 1.29 is 34.1 Å². The number of carbonyl (C=O) groups is 4. The zero-order valence-corrected chi connectivity index (χ0v) is 14.8. The fourth-order valence-corrected chi connectivity index (χ4v) is 2.68. The minimum absolute atomic E-state index is 0.0284. The van der Waals surface area contributed by atoms with Gasteiger partial charge in [-0.3, -0.25) is 14.5 Å². The Morgan fingerprint density at radius 1 is 1.04 bits per heavy atom. The van der Waals surface area contributed by atoms with E-state index in [1.807, 2.05) is 0 Å². The number of hydrogen-bond acceptors (Lipinski definition) is 6. The highest BCUT2D eigenvalue weighted by Crippen LogP contribution is 2.23. The monoisotopic (exact) mass is 378 g/mol. The molecule has 1 aliphatic heterocycles. The summed E-state index contributed by atoms with van der Waals surface area (Å²) in [6.07, 6.45) is 2.49. The van der Waals surface area contributed by atoms with Crippen LogP contribution in [0.25, 0.3) is 0 Å². The van der Waals surface area contributed by atoms with Crippen molar-refractivity contribution in [2.24, 2.45) is 0 Å². The highest BCUT2D eigenvalue weighted by Gasteiger charge is 2.35. The van der Waals surface area contributed by atoms with E-state index in [2.05, 4.69) is 5.32 Å². The van der Waals surface area contributed by atoms with Crippen molar-refractivity contribution in [1.82, 2.24) is 10.2 Å². The Kier molecular flexibility index (Phi) is 7.30. The summed E-state index contributed by atoms with van der Waals surface area (Å²) < 4.78 is 4.98. The predicted molar refractivity (Wildman–Crippen MR) is 93.7 cm³/mol. The van der Waals surface area contributed by atoms with E-state index in [1.165, 1.54) is 18.2 Å². The second kappa shape index (κ2) is 9.67. The number of ether oxygens (including phenoxy) is 1. The molecule has 0 bridgehead atoms. The number of benzene rings is 1. The first-order valence-corrected chi connectivity index (χ1v) is 8.70. The van der Waals surface area contributed by atoms with Crippen LogP contribution in [0, 0.1) is 0 Å². The number of nitrogens with zero attached hydrogens (tertiary/aromatic N) is 1. The highest BCUT2D eigenvalue weighted by molar-refractivity contribution is 6.21. The van der Waals surface area contributed by atoms with Crippen molar-refractivity contribution >= 4 is 23.9 Å². The first-order valence-electron chi connectivity index (χ1n) is 8.70. The topological polar surface area (TPSA) is 133 Å². The SMILES string of the molecule is O=C(NCCN1C(=O)c2ccc(C(=O)O)cc2C1=O)OCCCCCCO. The van der Waals surface area contributed by atoms with Crippen LogP contribution in [0.4, 0.5) is 4.79 Å². The Morgan fingerprint density at radius 3 is 2.44 bits per heavy atom. The van der Waals surface area contributed by atoms with Gasteiger partial charge in [0.2, 0.25) is 0 Å². The summed E-state index contributed by atoms with van der Waals surface area (Å²) in [5.41, 5.74) is 0.123. The molecule has 1 aromatic carbocycles. The van der Waals surface area contributed by atoms with Crippen LogP contribution in [0.2, 0.25) is 0 Å². The van der Waals surface area contributed by atoms with Gasteiger partial charge in [0, 0.05) is 19.7 Å². The molecule has 0 unspecified atom stereocenters. The third-order valence-electron chi connectivity index (χ3n) is 4.11. The standard InChI is InChI=1S/C18H22N2O7/c21-9-3-1-2-4-10-27-18(26)19-7-8-20-15(22)13-6-5-12(17(24)25)11-14(13)16(20)23/h5-6,11,21H,1-4,7-10H2,(H,19,26)(H,24,25). The van der Waals surface area contributed by atoms with Gasteiger partial charge in [-0.25, -0.2) is 9.59 Å². The maximum absolute atomic E-state index is 12.3. The highest BCUT2D eigenvalue weighted by atomic mass is 16.5. The number of aliphatic hydroxyl groups is 1. The number of amides is 3. The van der Waals surface area contributed by atoms with Gasteiger partial charge in [-0.1, -0.05) is 6.42 Å². The predicted octanol–water partition coefficient (Wildman–Crippen LogP) is 1.26. The summed E-state index contributed by atoms with van der Waals surface area (Å²) in [5.74, 6) is -2.29. The second-order valence-electron chi connectivity index (χ2n) is 6.03. The number of carboxylic acid groups (broad SMARTS) is 1. The van der Waals surface area contributed by atoms with E-state index in [0.717, 1.165) is 24.2 Å². The molecular weight excluding hydrogens is 356 g/mol. The van der Waals surface area contributed by atoms with Gasteiger partial charge in [0.25, 0.3) is 11.8 Å². The molecule has 0 spiro atoms. The number of aromatic carboxylic acids is 1. The molecule has 0 saturated heterocycles. The first kappa shape index (κ1) is 20.4. The van der Waals surface area contributed by atoms with E-state index in [1.54, 1.807) is 0 Å². The largest absolute Gasteiger partial charge is 0.478 e. The minimum Gasteiger partial charge on any atom is -0.478 e. The van der Waals surface area contributed by atoms with Crippen molar-refractivity contribution in [3.05, 3.63) is 34.9 Å². The summed E-state index contributed by atoms with van der Waals surface area (Å²) >= 11 is 0. The number of rotatable bonds is 10. The van der Waals surface area contributed by atoms with E-state index in [0.29, 0.717) is 6.42 Å². The van der Waals surface area contributed by atoms with Gasteiger partial charge in [-0.2, -0.15) is 0 Å². The minimum atomic E-state index is -1.18. The lowest BCUT2D eigenvalue weighted by Gasteiger charge is -2.14. The molecule has 9 nitrogen and oxygen atoms in total. The molecule has 3 N–H and O–H groups in total. The van der Waals surface area contributed by atoms with Crippen LogP contribution in [-0.4, -0.2) is 65.3 Å². The summed E-state index contributed by atoms with van der Waals surface area (Å²) in [5, 5.41) is 20.1. The maximum Gasteiger partial charge on any atom is 0.407 e. The summed E-state index contributed by atoms with van der Waals surface area (Å²) in [4.78, 5) is 48.1. The van der Waals surface area contributed by atoms with Gasteiger partial charge >= 0.3 is 12.1 Å². The molecule has 0 fully saturated rings. The Morgan fingerprint density at radius 2 is 1.74 bits per heavy atom. The van der Waals surface area contributed by atoms with Crippen LogP contribution in [0.5, 0.6) is 0 Å². The Labute approximate surface area is 155 Å². The van der Waals surface area contributed by atoms with E-state index >= 15 is 0 Å². The fraction of sp³-hybridized carbons (Fsp3) is 0.444. The van der Waals surface area contributed by atoms with E-state index in [4.69, 9.17) is 14.9 Å². The van der Waals surface area contributed by atoms with Gasteiger partial charge in [-0.05, 0) is 37.5 Å². The molecule has 3 amide bonds. The molecule has 2 rings (SSSR count). The summed E-state index contributed by atoms with van der Waals surface area (Å²) in [6, 6.07) is 3.76. The van der Waals surface area contributed by atoms with Crippen LogP contribution in [-0.2, 0) is 4.74 Å². The number of unbranched alkanes of at least 4 members (excludes halogenated alkanes) is 3. The van der Waals surface area contributed by atoms with E-state index in [9.17, 15) is 19.2 Å². The van der Waals surface area contributed by atoms with Gasteiger partial charge in [0.1, 0.15) is 0 Å². The average molecular weight is 378 g/mol. The zero-order valence-electron chi connectivity index (χ0n) is 14.8. The number of imide groups is 1. The van der Waals surface area contributed by atoms with Crippen LogP contribution in [0.15, 0.2) is 18.2 Å². The first-order chi connectivity index (χ1) is 13.0. The fourth-order valence-electron chi connectivity index (χ4n) is 2.68. The molecule has 9 heteroatoms. The number of aliphatic hydroxyl groups excluding tert-OH is 1. The van der Waals surface area contributed by atoms with Gasteiger partial charge in [-0.15, -0.1) is 0 Å². The van der Waals surface area contributed by atoms with Crippen LogP contribution < -0.4 is 5.32 Å². The molecule has 0 saturated carbocycles. The van der Waals surface area contributed by atoms with Crippen LogP contribution >= 0.6 is 0 Å². The third kappa shape index (κ3) is 5.27. The molecule has 1 aromatic rings. The van der Waals surface area contributed by atoms with Crippen molar-refractivity contribution in [3.63, 3.8) is 0 Å². The van der Waals surface area contributed by atoms with Crippen LogP contribution in [0.1, 0.15) is 56.8 Å². The maximum atomic E-state index is 12.3. The quantitative estimate of drug-likeness (QED) is 0.412. The van der Waals surface area contributed by atoms with Crippen molar-refractivity contribution in [2.45, 2.75) is 25.7 Å². The smallest absolute Gasteiger partial charge is 0.407 e. The summed E-state index contributed by atoms with van der Waals surface area (Å²) in [6.45, 7) is 0.389. The van der Waals surface area contributed by atoms with Crippen molar-refractivity contribution in [2.75, 3.05) is 26.3 Å². The molecule has 1 aliphatic rings. The number of hydrogen-bond donors (Lipinski definition) is 3. The normalized spacial score (nSPS) is 12.9. The average Bonchev–Trinajstić information content (AvgIpc) is 2.89. The molecule has 0 aromatic heterocycles. The third-order valence-corrected chi connectivity index (χ3v) is 4.11. The Balaban J connectivity index is 1.76. The van der Waals surface area contributed by atoms with E-state index < -0.39 is 23.9 Å². The van der Waals surface area contributed by atoms with E-state index in [-0.39, 0.29) is 43.0 Å². The molecule has 0 atom stereocenters. The second-order valence-corrected chi connectivity index (χ2v) is 6.03. The zero-order chi connectivity index (χ0) is 19.8. The lowest BCUT2D eigenvalue weighted by molar-refractivity contribution is 0.0651. The Hall–Kier alpha value is -2.94. The molecule has 146 valence electrons. The Bertz CT molecular complexity index is 732.